The predicted octanol–water partition coefficient (Wildman–Crippen LogP) is 6.07. The Balaban J connectivity index is 1.56. The molecule has 0 aliphatic carbocycles. The van der Waals surface area contributed by atoms with Crippen molar-refractivity contribution in [2.24, 2.45) is 0 Å². The summed E-state index contributed by atoms with van der Waals surface area (Å²) in [4.78, 5) is 23.7. The Morgan fingerprint density at radius 1 is 0.697 bits per heavy atom. The highest BCUT2D eigenvalue weighted by molar-refractivity contribution is 7.23. The molecule has 0 N–H and O–H groups in total. The average molecular weight is 445 g/mol. The topological polar surface area (TPSA) is 52.2 Å². The molecule has 0 aliphatic heterocycles. The summed E-state index contributed by atoms with van der Waals surface area (Å²) in [7, 11) is 0. The van der Waals surface area contributed by atoms with Crippen molar-refractivity contribution in [2.45, 2.75) is 0 Å². The van der Waals surface area contributed by atoms with E-state index >= 15 is 0 Å². The number of nitrogens with zero attached hydrogens (tertiary/aromatic N) is 4. The van der Waals surface area contributed by atoms with Gasteiger partial charge in [0.1, 0.15) is 5.82 Å². The largest absolute Gasteiger partial charge is 0.292 e. The number of imidazole rings is 2. The Bertz CT molecular complexity index is 1900. The molecule has 0 saturated heterocycles. The van der Waals surface area contributed by atoms with E-state index in [9.17, 15) is 4.79 Å². The van der Waals surface area contributed by atoms with Gasteiger partial charge >= 0.3 is 0 Å². The number of aromatic nitrogens is 4. The van der Waals surface area contributed by atoms with Crippen molar-refractivity contribution in [1.29, 1.82) is 0 Å². The molecular weight excluding hydrogens is 428 g/mol. The Labute approximate surface area is 191 Å². The fourth-order valence-corrected chi connectivity index (χ4v) is 5.49. The normalized spacial score (nSPS) is 11.8. The fraction of sp³-hybridized carbons (Fsp3) is 0. The van der Waals surface area contributed by atoms with E-state index < -0.39 is 0 Å². The van der Waals surface area contributed by atoms with Gasteiger partial charge in [0.2, 0.25) is 0 Å². The first-order valence-electron chi connectivity index (χ1n) is 10.7. The molecule has 0 saturated carbocycles. The van der Waals surface area contributed by atoms with Crippen molar-refractivity contribution < 1.29 is 0 Å². The second kappa shape index (κ2) is 6.85. The Kier molecular flexibility index (Phi) is 3.80. The number of rotatable bonds is 2. The maximum Gasteiger partial charge on any atom is 0.266 e. The summed E-state index contributed by atoms with van der Waals surface area (Å²) in [5.41, 5.74) is 5.47. The second-order valence-electron chi connectivity index (χ2n) is 7.93. The molecule has 0 amide bonds. The van der Waals surface area contributed by atoms with Crippen molar-refractivity contribution >= 4 is 48.5 Å². The van der Waals surface area contributed by atoms with E-state index in [1.54, 1.807) is 4.40 Å². The van der Waals surface area contributed by atoms with Crippen LogP contribution >= 0.6 is 11.3 Å². The molecule has 0 unspecified atom stereocenters. The maximum absolute atomic E-state index is 13.3. The van der Waals surface area contributed by atoms with E-state index in [-0.39, 0.29) is 5.56 Å². The van der Waals surface area contributed by atoms with E-state index in [2.05, 4.69) is 22.8 Å². The quantitative estimate of drug-likeness (QED) is 0.325. The number of fused-ring (bicyclic) bond motifs is 5. The molecule has 0 fully saturated rings. The molecule has 0 radical (unpaired) electrons. The molecule has 0 atom stereocenters. The lowest BCUT2D eigenvalue weighted by Crippen LogP contribution is -2.11. The summed E-state index contributed by atoms with van der Waals surface area (Å²) in [5, 5.41) is 0.705. The van der Waals surface area contributed by atoms with E-state index in [4.69, 9.17) is 9.97 Å². The van der Waals surface area contributed by atoms with Crippen LogP contribution in [-0.2, 0) is 0 Å². The monoisotopic (exact) mass is 444 g/mol. The minimum atomic E-state index is -0.0458. The van der Waals surface area contributed by atoms with E-state index in [1.807, 2.05) is 78.9 Å². The lowest BCUT2D eigenvalue weighted by Gasteiger charge is -2.09. The minimum Gasteiger partial charge on any atom is -0.292 e. The highest BCUT2D eigenvalue weighted by atomic mass is 32.1. The van der Waals surface area contributed by atoms with Gasteiger partial charge in [-0.25, -0.2) is 14.4 Å². The summed E-state index contributed by atoms with van der Waals surface area (Å²) >= 11 is 1.53. The lowest BCUT2D eigenvalue weighted by atomic mass is 10.1. The molecular formula is C27H16N4OS. The van der Waals surface area contributed by atoms with Crippen LogP contribution in [0.1, 0.15) is 0 Å². The summed E-state index contributed by atoms with van der Waals surface area (Å²) in [6.45, 7) is 0. The van der Waals surface area contributed by atoms with Gasteiger partial charge in [0.25, 0.3) is 5.56 Å². The molecule has 5 nitrogen and oxygen atoms in total. The van der Waals surface area contributed by atoms with Gasteiger partial charge in [-0.05, 0) is 54.6 Å². The first-order valence-corrected chi connectivity index (χ1v) is 11.5. The summed E-state index contributed by atoms with van der Waals surface area (Å²) in [6, 6.07) is 32.1. The summed E-state index contributed by atoms with van der Waals surface area (Å²) < 4.78 is 4.83. The minimum absolute atomic E-state index is 0.0458. The van der Waals surface area contributed by atoms with Crippen molar-refractivity contribution in [1.82, 2.24) is 18.9 Å². The van der Waals surface area contributed by atoms with Crippen LogP contribution in [0.4, 0.5) is 0 Å². The zero-order valence-corrected chi connectivity index (χ0v) is 18.2. The molecule has 7 aromatic rings. The maximum atomic E-state index is 13.3. The highest BCUT2D eigenvalue weighted by Gasteiger charge is 2.17. The van der Waals surface area contributed by atoms with Crippen molar-refractivity contribution in [3.8, 4) is 17.1 Å². The average Bonchev–Trinajstić information content (AvgIpc) is 3.43. The Morgan fingerprint density at radius 3 is 2.36 bits per heavy atom. The zero-order valence-electron chi connectivity index (χ0n) is 17.3. The van der Waals surface area contributed by atoms with Crippen molar-refractivity contribution in [3.05, 3.63) is 107 Å². The number of benzene rings is 4. The number of para-hydroxylation sites is 3. The standard InChI is InChI=1S/C27H16N4OS/c32-26-19-10-4-7-13-24(19)33-27-29-21-15-14-17(16-23(21)31(26)27)25-28-20-11-5-6-12-22(20)30(25)18-8-2-1-3-9-18/h1-16H. The Hall–Kier alpha value is -4.29. The van der Waals surface area contributed by atoms with Crippen molar-refractivity contribution in [2.75, 3.05) is 0 Å². The van der Waals surface area contributed by atoms with Gasteiger partial charge in [-0.3, -0.25) is 9.36 Å². The molecule has 3 aromatic heterocycles. The van der Waals surface area contributed by atoms with Gasteiger partial charge in [0.15, 0.2) is 4.96 Å². The molecule has 4 aromatic carbocycles. The van der Waals surface area contributed by atoms with E-state index in [0.29, 0.717) is 10.3 Å². The molecule has 3 heterocycles. The Morgan fingerprint density at radius 2 is 1.45 bits per heavy atom. The molecule has 6 heteroatoms. The third kappa shape index (κ3) is 2.68. The van der Waals surface area contributed by atoms with Crippen LogP contribution in [0.15, 0.2) is 102 Å². The van der Waals surface area contributed by atoms with Gasteiger partial charge < -0.3 is 0 Å². The third-order valence-electron chi connectivity index (χ3n) is 5.98. The molecule has 0 bridgehead atoms. The highest BCUT2D eigenvalue weighted by Crippen LogP contribution is 2.31. The van der Waals surface area contributed by atoms with E-state index in [0.717, 1.165) is 43.8 Å². The smallest absolute Gasteiger partial charge is 0.266 e. The molecule has 156 valence electrons. The van der Waals surface area contributed by atoms with Crippen LogP contribution in [0.25, 0.3) is 54.2 Å². The van der Waals surface area contributed by atoms with Gasteiger partial charge in [-0.1, -0.05) is 53.8 Å². The number of hydrogen-bond donors (Lipinski definition) is 0. The first kappa shape index (κ1) is 18.3. The predicted molar refractivity (Wildman–Crippen MR) is 134 cm³/mol. The third-order valence-corrected chi connectivity index (χ3v) is 7.01. The van der Waals surface area contributed by atoms with Gasteiger partial charge in [-0.15, -0.1) is 0 Å². The van der Waals surface area contributed by atoms with E-state index in [1.165, 1.54) is 11.3 Å². The second-order valence-corrected chi connectivity index (χ2v) is 8.94. The molecule has 0 aliphatic rings. The fourth-order valence-electron chi connectivity index (χ4n) is 4.47. The number of hydrogen-bond acceptors (Lipinski definition) is 4. The first-order chi connectivity index (χ1) is 16.3. The van der Waals surface area contributed by atoms with Crippen molar-refractivity contribution in [3.63, 3.8) is 0 Å². The SMILES string of the molecule is O=c1c2ccccc2sc2nc3ccc(-c4nc5ccccc5n4-c4ccccc4)cc3n12. The van der Waals surface area contributed by atoms with Crippen LogP contribution in [0.3, 0.4) is 0 Å². The van der Waals surface area contributed by atoms with Gasteiger partial charge in [0, 0.05) is 16.0 Å². The van der Waals surface area contributed by atoms with Crippen LogP contribution in [0.5, 0.6) is 0 Å². The lowest BCUT2D eigenvalue weighted by molar-refractivity contribution is 1.10. The molecule has 33 heavy (non-hydrogen) atoms. The van der Waals surface area contributed by atoms with Crippen LogP contribution in [0, 0.1) is 0 Å². The molecule has 0 spiro atoms. The summed E-state index contributed by atoms with van der Waals surface area (Å²) in [6.07, 6.45) is 0. The van der Waals surface area contributed by atoms with Crippen LogP contribution in [-0.4, -0.2) is 18.9 Å². The molecule has 7 rings (SSSR count). The van der Waals surface area contributed by atoms with Gasteiger partial charge in [0.05, 0.1) is 27.5 Å². The van der Waals surface area contributed by atoms with Crippen LogP contribution in [0.2, 0.25) is 0 Å². The zero-order chi connectivity index (χ0) is 21.9. The van der Waals surface area contributed by atoms with Crippen LogP contribution < -0.4 is 5.56 Å². The van der Waals surface area contributed by atoms with Gasteiger partial charge in [-0.2, -0.15) is 0 Å². The summed E-state index contributed by atoms with van der Waals surface area (Å²) in [5.74, 6) is 0.830.